The van der Waals surface area contributed by atoms with Crippen LogP contribution >= 0.6 is 11.3 Å². The molecule has 1 saturated carbocycles. The van der Waals surface area contributed by atoms with Crippen molar-refractivity contribution in [2.75, 3.05) is 31.7 Å². The van der Waals surface area contributed by atoms with E-state index in [1.807, 2.05) is 7.05 Å². The molecule has 6 heteroatoms. The molecule has 0 aromatic carbocycles. The van der Waals surface area contributed by atoms with Gasteiger partial charge in [0.15, 0.2) is 5.13 Å². The maximum absolute atomic E-state index is 11.3. The Balaban J connectivity index is 1.72. The van der Waals surface area contributed by atoms with Crippen molar-refractivity contribution < 1.29 is 14.6 Å². The van der Waals surface area contributed by atoms with Gasteiger partial charge in [-0.2, -0.15) is 0 Å². The van der Waals surface area contributed by atoms with Crippen molar-refractivity contribution in [1.82, 2.24) is 4.98 Å². The summed E-state index contributed by atoms with van der Waals surface area (Å²) in [6.07, 6.45) is 4.31. The first-order chi connectivity index (χ1) is 9.65. The third-order valence-corrected chi connectivity index (χ3v) is 5.17. The van der Waals surface area contributed by atoms with E-state index in [1.165, 1.54) is 11.3 Å². The number of aromatic nitrogens is 1. The highest BCUT2D eigenvalue weighted by molar-refractivity contribution is 7.17. The highest BCUT2D eigenvalue weighted by atomic mass is 32.1. The average Bonchev–Trinajstić information content (AvgIpc) is 3.18. The van der Waals surface area contributed by atoms with Gasteiger partial charge in [-0.3, -0.25) is 0 Å². The van der Waals surface area contributed by atoms with Crippen LogP contribution in [0.4, 0.5) is 5.13 Å². The van der Waals surface area contributed by atoms with Crippen LogP contribution in [0, 0.1) is 5.92 Å². The summed E-state index contributed by atoms with van der Waals surface area (Å²) in [7, 11) is 2.01. The number of carboxylic acids is 1. The molecule has 1 N–H and O–H groups in total. The highest BCUT2D eigenvalue weighted by Crippen LogP contribution is 2.44. The first-order valence-electron chi connectivity index (χ1n) is 7.18. The molecule has 0 bridgehead atoms. The summed E-state index contributed by atoms with van der Waals surface area (Å²) in [5.41, 5.74) is 0.802. The summed E-state index contributed by atoms with van der Waals surface area (Å²) in [5.74, 6) is 0.160. The van der Waals surface area contributed by atoms with Crippen molar-refractivity contribution in [3.05, 3.63) is 10.6 Å². The quantitative estimate of drug-likeness (QED) is 0.905. The summed E-state index contributed by atoms with van der Waals surface area (Å²) >= 11 is 1.32. The summed E-state index contributed by atoms with van der Waals surface area (Å²) in [6, 6.07) is 0. The van der Waals surface area contributed by atoms with E-state index in [-0.39, 0.29) is 0 Å². The molecule has 2 heterocycles. The zero-order chi connectivity index (χ0) is 14.1. The molecule has 0 atom stereocenters. The lowest BCUT2D eigenvalue weighted by atomic mass is 10.0. The lowest BCUT2D eigenvalue weighted by Crippen LogP contribution is -2.29. The number of rotatable bonds is 5. The van der Waals surface area contributed by atoms with Crippen LogP contribution in [0.1, 0.15) is 47.0 Å². The Morgan fingerprint density at radius 2 is 2.10 bits per heavy atom. The van der Waals surface area contributed by atoms with E-state index in [0.717, 1.165) is 56.3 Å². The molecule has 110 valence electrons. The Hall–Kier alpha value is -1.14. The van der Waals surface area contributed by atoms with Crippen LogP contribution < -0.4 is 4.90 Å². The Bertz CT molecular complexity index is 493. The van der Waals surface area contributed by atoms with Crippen molar-refractivity contribution in [3.8, 4) is 0 Å². The molecule has 1 saturated heterocycles. The summed E-state index contributed by atoms with van der Waals surface area (Å²) in [6.45, 7) is 2.61. The minimum atomic E-state index is -0.838. The van der Waals surface area contributed by atoms with E-state index < -0.39 is 5.97 Å². The van der Waals surface area contributed by atoms with Crippen molar-refractivity contribution >= 4 is 22.4 Å². The first kappa shape index (κ1) is 13.8. The summed E-state index contributed by atoms with van der Waals surface area (Å²) in [4.78, 5) is 18.4. The number of anilines is 1. The number of thiazole rings is 1. The number of hydrogen-bond donors (Lipinski definition) is 1. The number of nitrogens with zero attached hydrogens (tertiary/aromatic N) is 2. The van der Waals surface area contributed by atoms with E-state index in [1.54, 1.807) is 0 Å². The SMILES string of the molecule is CN(CC1CCOCC1)c1nc(C2CC2)c(C(=O)O)s1. The zero-order valence-corrected chi connectivity index (χ0v) is 12.5. The molecule has 5 nitrogen and oxygen atoms in total. The molecule has 0 spiro atoms. The minimum absolute atomic E-state index is 0.377. The van der Waals surface area contributed by atoms with Gasteiger partial charge in [0, 0.05) is 32.7 Å². The van der Waals surface area contributed by atoms with Gasteiger partial charge in [0.2, 0.25) is 0 Å². The van der Waals surface area contributed by atoms with Crippen LogP contribution in [0.5, 0.6) is 0 Å². The molecule has 1 aliphatic heterocycles. The zero-order valence-electron chi connectivity index (χ0n) is 11.7. The number of aromatic carboxylic acids is 1. The molecule has 1 aromatic heterocycles. The van der Waals surface area contributed by atoms with E-state index in [0.29, 0.717) is 16.7 Å². The maximum Gasteiger partial charge on any atom is 0.347 e. The third-order valence-electron chi connectivity index (χ3n) is 4.00. The van der Waals surface area contributed by atoms with Crippen LogP contribution in [-0.4, -0.2) is 42.9 Å². The molecule has 0 unspecified atom stereocenters. The fraction of sp³-hybridized carbons (Fsp3) is 0.714. The average molecular weight is 296 g/mol. The topological polar surface area (TPSA) is 62.7 Å². The Kier molecular flexibility index (Phi) is 3.94. The van der Waals surface area contributed by atoms with E-state index in [2.05, 4.69) is 9.88 Å². The van der Waals surface area contributed by atoms with Gasteiger partial charge in [0.1, 0.15) is 4.88 Å². The molecule has 1 aliphatic carbocycles. The Morgan fingerprint density at radius 3 is 2.70 bits per heavy atom. The maximum atomic E-state index is 11.3. The summed E-state index contributed by atoms with van der Waals surface area (Å²) < 4.78 is 5.37. The second-order valence-corrected chi connectivity index (χ2v) is 6.70. The summed E-state index contributed by atoms with van der Waals surface area (Å²) in [5, 5.41) is 10.1. The Labute approximate surface area is 122 Å². The number of carboxylic acid groups (broad SMARTS) is 1. The van der Waals surface area contributed by atoms with Crippen LogP contribution in [0.15, 0.2) is 0 Å². The lowest BCUT2D eigenvalue weighted by Gasteiger charge is -2.26. The van der Waals surface area contributed by atoms with Crippen LogP contribution in [-0.2, 0) is 4.74 Å². The van der Waals surface area contributed by atoms with Gasteiger partial charge in [-0.15, -0.1) is 0 Å². The second kappa shape index (κ2) is 5.69. The van der Waals surface area contributed by atoms with Gasteiger partial charge in [-0.25, -0.2) is 9.78 Å². The van der Waals surface area contributed by atoms with Crippen LogP contribution in [0.25, 0.3) is 0 Å². The number of ether oxygens (including phenoxy) is 1. The molecule has 0 radical (unpaired) electrons. The molecule has 20 heavy (non-hydrogen) atoms. The van der Waals surface area contributed by atoms with Gasteiger partial charge < -0.3 is 14.7 Å². The van der Waals surface area contributed by atoms with Crippen molar-refractivity contribution in [1.29, 1.82) is 0 Å². The smallest absolute Gasteiger partial charge is 0.347 e. The van der Waals surface area contributed by atoms with Crippen LogP contribution in [0.3, 0.4) is 0 Å². The third kappa shape index (κ3) is 2.96. The van der Waals surface area contributed by atoms with Gasteiger partial charge >= 0.3 is 5.97 Å². The molecule has 2 fully saturated rings. The van der Waals surface area contributed by atoms with E-state index >= 15 is 0 Å². The number of hydrogen-bond acceptors (Lipinski definition) is 5. The van der Waals surface area contributed by atoms with Gasteiger partial charge in [0.05, 0.1) is 5.69 Å². The number of carbonyl (C=O) groups is 1. The fourth-order valence-corrected chi connectivity index (χ4v) is 3.63. The first-order valence-corrected chi connectivity index (χ1v) is 7.99. The molecule has 0 amide bonds. The van der Waals surface area contributed by atoms with Gasteiger partial charge in [0.25, 0.3) is 0 Å². The predicted molar refractivity (Wildman–Crippen MR) is 77.9 cm³/mol. The highest BCUT2D eigenvalue weighted by Gasteiger charge is 2.32. The van der Waals surface area contributed by atoms with Gasteiger partial charge in [-0.05, 0) is 31.6 Å². The van der Waals surface area contributed by atoms with Crippen molar-refractivity contribution in [3.63, 3.8) is 0 Å². The standard InChI is InChI=1S/C14H20N2O3S/c1-16(8-9-4-6-19-7-5-9)14-15-11(10-2-3-10)12(20-14)13(17)18/h9-10H,2-8H2,1H3,(H,17,18). The second-order valence-electron chi connectivity index (χ2n) is 5.73. The lowest BCUT2D eigenvalue weighted by molar-refractivity contribution is 0.0684. The fourth-order valence-electron chi connectivity index (χ4n) is 2.66. The van der Waals surface area contributed by atoms with E-state index in [4.69, 9.17) is 4.74 Å². The Morgan fingerprint density at radius 1 is 1.40 bits per heavy atom. The molecule has 1 aromatic rings. The molecule has 3 rings (SSSR count). The van der Waals surface area contributed by atoms with Crippen molar-refractivity contribution in [2.45, 2.75) is 31.6 Å². The molecular formula is C14H20N2O3S. The monoisotopic (exact) mass is 296 g/mol. The normalized spacial score (nSPS) is 20.1. The van der Waals surface area contributed by atoms with Crippen LogP contribution in [0.2, 0.25) is 0 Å². The molecular weight excluding hydrogens is 276 g/mol. The van der Waals surface area contributed by atoms with Crippen molar-refractivity contribution in [2.24, 2.45) is 5.92 Å². The predicted octanol–water partition coefficient (Wildman–Crippen LogP) is 2.58. The molecule has 2 aliphatic rings. The van der Waals surface area contributed by atoms with Gasteiger partial charge in [-0.1, -0.05) is 11.3 Å². The largest absolute Gasteiger partial charge is 0.477 e. The van der Waals surface area contributed by atoms with E-state index in [9.17, 15) is 9.90 Å². The minimum Gasteiger partial charge on any atom is -0.477 e.